The summed E-state index contributed by atoms with van der Waals surface area (Å²) in [6.07, 6.45) is 1.06. The Labute approximate surface area is 155 Å². The van der Waals surface area contributed by atoms with Crippen molar-refractivity contribution in [1.29, 1.82) is 0 Å². The molecule has 2 aliphatic carbocycles. The zero-order valence-corrected chi connectivity index (χ0v) is 15.8. The summed E-state index contributed by atoms with van der Waals surface area (Å²) >= 11 is 0. The standard InChI is InChI=1S/C21H28N2O3/c1-12(2)13-4-6-14(7-5-13)19-17-10-23(11-18(17)19)20(24)15-8-16(9-15)22-21(25)26-3/h4-7,12,15-19H,8-11H2,1-3H3,(H,22,25). The molecule has 2 saturated carbocycles. The van der Waals surface area contributed by atoms with E-state index in [1.807, 2.05) is 4.90 Å². The van der Waals surface area contributed by atoms with Crippen LogP contribution in [0.5, 0.6) is 0 Å². The number of likely N-dealkylation sites (tertiary alicyclic amines) is 1. The molecule has 3 aliphatic rings. The van der Waals surface area contributed by atoms with Crippen LogP contribution in [0.3, 0.4) is 0 Å². The van der Waals surface area contributed by atoms with Gasteiger partial charge in [0.1, 0.15) is 0 Å². The van der Waals surface area contributed by atoms with Gasteiger partial charge >= 0.3 is 6.09 Å². The number of rotatable bonds is 4. The number of alkyl carbamates (subject to hydrolysis) is 1. The number of methoxy groups -OCH3 is 1. The lowest BCUT2D eigenvalue weighted by atomic mass is 9.79. The number of nitrogens with one attached hydrogen (secondary N) is 1. The monoisotopic (exact) mass is 356 g/mol. The molecule has 1 aromatic carbocycles. The first-order valence-electron chi connectivity index (χ1n) is 9.71. The summed E-state index contributed by atoms with van der Waals surface area (Å²) in [5, 5.41) is 2.77. The average Bonchev–Trinajstić information content (AvgIpc) is 3.10. The molecule has 1 heterocycles. The fraction of sp³-hybridized carbons (Fsp3) is 0.619. The van der Waals surface area contributed by atoms with Crippen LogP contribution >= 0.6 is 0 Å². The van der Waals surface area contributed by atoms with E-state index in [2.05, 4.69) is 48.2 Å². The van der Waals surface area contributed by atoms with Crippen LogP contribution < -0.4 is 5.32 Å². The van der Waals surface area contributed by atoms with E-state index in [4.69, 9.17) is 0 Å². The second-order valence-corrected chi connectivity index (χ2v) is 8.42. The van der Waals surface area contributed by atoms with Gasteiger partial charge in [0.2, 0.25) is 5.91 Å². The van der Waals surface area contributed by atoms with Gasteiger partial charge in [-0.2, -0.15) is 0 Å². The number of amides is 2. The highest BCUT2D eigenvalue weighted by Gasteiger charge is 2.57. The fourth-order valence-electron chi connectivity index (χ4n) is 4.73. The molecule has 140 valence electrons. The second kappa shape index (κ2) is 6.60. The molecule has 5 heteroatoms. The molecule has 1 N–H and O–H groups in total. The van der Waals surface area contributed by atoms with E-state index >= 15 is 0 Å². The van der Waals surface area contributed by atoms with Crippen molar-refractivity contribution in [2.45, 2.75) is 44.6 Å². The van der Waals surface area contributed by atoms with Crippen LogP contribution in [0.1, 0.15) is 49.7 Å². The van der Waals surface area contributed by atoms with E-state index in [-0.39, 0.29) is 17.9 Å². The maximum Gasteiger partial charge on any atom is 0.407 e. The Morgan fingerprint density at radius 2 is 1.73 bits per heavy atom. The van der Waals surface area contributed by atoms with Crippen LogP contribution in [0.25, 0.3) is 0 Å². The molecule has 0 bridgehead atoms. The maximum atomic E-state index is 12.6. The van der Waals surface area contributed by atoms with Crippen molar-refractivity contribution in [2.24, 2.45) is 17.8 Å². The molecule has 0 spiro atoms. The third-order valence-corrected chi connectivity index (χ3v) is 6.49. The number of piperidine rings is 1. The second-order valence-electron chi connectivity index (χ2n) is 8.42. The highest BCUT2D eigenvalue weighted by molar-refractivity contribution is 5.81. The molecule has 4 rings (SSSR count). The molecule has 26 heavy (non-hydrogen) atoms. The number of carbonyl (C=O) groups is 2. The number of carbonyl (C=O) groups excluding carboxylic acids is 2. The van der Waals surface area contributed by atoms with Gasteiger partial charge in [-0.05, 0) is 47.6 Å². The van der Waals surface area contributed by atoms with E-state index in [9.17, 15) is 9.59 Å². The van der Waals surface area contributed by atoms with Crippen LogP contribution in [0.4, 0.5) is 4.79 Å². The number of fused-ring (bicyclic) bond motifs is 1. The Morgan fingerprint density at radius 3 is 2.27 bits per heavy atom. The summed E-state index contributed by atoms with van der Waals surface area (Å²) in [5.41, 5.74) is 2.82. The highest BCUT2D eigenvalue weighted by atomic mass is 16.5. The van der Waals surface area contributed by atoms with Gasteiger partial charge < -0.3 is 15.0 Å². The molecule has 1 saturated heterocycles. The highest BCUT2D eigenvalue weighted by Crippen LogP contribution is 2.58. The van der Waals surface area contributed by atoms with Gasteiger partial charge in [0.05, 0.1) is 7.11 Å². The molecule has 1 aromatic rings. The Kier molecular flexibility index (Phi) is 4.41. The van der Waals surface area contributed by atoms with Gasteiger partial charge in [0.25, 0.3) is 0 Å². The van der Waals surface area contributed by atoms with Crippen LogP contribution in [0.15, 0.2) is 24.3 Å². The summed E-state index contributed by atoms with van der Waals surface area (Å²) in [6.45, 7) is 6.23. The van der Waals surface area contributed by atoms with Crippen LogP contribution in [-0.4, -0.2) is 43.1 Å². The first-order chi connectivity index (χ1) is 12.5. The van der Waals surface area contributed by atoms with Gasteiger partial charge in [-0.1, -0.05) is 38.1 Å². The predicted octanol–water partition coefficient (Wildman–Crippen LogP) is 3.12. The molecule has 2 amide bonds. The Balaban J connectivity index is 1.26. The minimum Gasteiger partial charge on any atom is -0.453 e. The Hall–Kier alpha value is -2.04. The average molecular weight is 356 g/mol. The number of ether oxygens (including phenoxy) is 1. The summed E-state index contributed by atoms with van der Waals surface area (Å²) in [4.78, 5) is 25.9. The Morgan fingerprint density at radius 1 is 1.12 bits per heavy atom. The third-order valence-electron chi connectivity index (χ3n) is 6.49. The van der Waals surface area contributed by atoms with E-state index < -0.39 is 6.09 Å². The summed E-state index contributed by atoms with van der Waals surface area (Å²) < 4.78 is 4.60. The lowest BCUT2D eigenvalue weighted by molar-refractivity contribution is -0.138. The molecule has 3 fully saturated rings. The normalized spacial score (nSPS) is 32.0. The number of nitrogens with zero attached hydrogens (tertiary/aromatic N) is 1. The van der Waals surface area contributed by atoms with Gasteiger partial charge in [-0.25, -0.2) is 4.79 Å². The van der Waals surface area contributed by atoms with Crippen LogP contribution in [0, 0.1) is 17.8 Å². The topological polar surface area (TPSA) is 58.6 Å². The van der Waals surface area contributed by atoms with Gasteiger partial charge in [-0.3, -0.25) is 4.79 Å². The van der Waals surface area contributed by atoms with E-state index in [1.165, 1.54) is 18.2 Å². The molecule has 1 aliphatic heterocycles. The quantitative estimate of drug-likeness (QED) is 0.902. The molecular formula is C21H28N2O3. The summed E-state index contributed by atoms with van der Waals surface area (Å²) in [5.74, 6) is 2.81. The van der Waals surface area contributed by atoms with Crippen molar-refractivity contribution < 1.29 is 14.3 Å². The lowest BCUT2D eigenvalue weighted by Crippen LogP contribution is -2.50. The Bertz CT molecular complexity index is 682. The van der Waals surface area contributed by atoms with Crippen molar-refractivity contribution in [3.63, 3.8) is 0 Å². The predicted molar refractivity (Wildman–Crippen MR) is 98.9 cm³/mol. The SMILES string of the molecule is COC(=O)NC1CC(C(=O)N2CC3C(C2)C3c2ccc(C(C)C)cc2)C1. The molecule has 5 nitrogen and oxygen atoms in total. The molecular weight excluding hydrogens is 328 g/mol. The van der Waals surface area contributed by atoms with E-state index in [1.54, 1.807) is 0 Å². The number of hydrogen-bond acceptors (Lipinski definition) is 3. The largest absolute Gasteiger partial charge is 0.453 e. The number of benzene rings is 1. The van der Waals surface area contributed by atoms with Crippen LogP contribution in [0.2, 0.25) is 0 Å². The molecule has 0 aromatic heterocycles. The van der Waals surface area contributed by atoms with Gasteiger partial charge in [-0.15, -0.1) is 0 Å². The smallest absolute Gasteiger partial charge is 0.407 e. The zero-order chi connectivity index (χ0) is 18.4. The van der Waals surface area contributed by atoms with Crippen molar-refractivity contribution in [2.75, 3.05) is 20.2 Å². The van der Waals surface area contributed by atoms with E-state index in [0.717, 1.165) is 25.9 Å². The fourth-order valence-corrected chi connectivity index (χ4v) is 4.73. The zero-order valence-electron chi connectivity index (χ0n) is 15.8. The molecule has 2 unspecified atom stereocenters. The molecule has 0 radical (unpaired) electrons. The lowest BCUT2D eigenvalue weighted by Gasteiger charge is -2.37. The van der Waals surface area contributed by atoms with Gasteiger partial charge in [0.15, 0.2) is 0 Å². The number of hydrogen-bond donors (Lipinski definition) is 1. The third kappa shape index (κ3) is 3.08. The van der Waals surface area contributed by atoms with Crippen LogP contribution in [-0.2, 0) is 9.53 Å². The van der Waals surface area contributed by atoms with Gasteiger partial charge in [0, 0.05) is 25.0 Å². The summed E-state index contributed by atoms with van der Waals surface area (Å²) in [6, 6.07) is 9.14. The maximum absolute atomic E-state index is 12.6. The van der Waals surface area contributed by atoms with Crippen molar-refractivity contribution in [3.8, 4) is 0 Å². The summed E-state index contributed by atoms with van der Waals surface area (Å²) in [7, 11) is 1.36. The first-order valence-corrected chi connectivity index (χ1v) is 9.71. The molecule has 2 atom stereocenters. The van der Waals surface area contributed by atoms with Crippen molar-refractivity contribution >= 4 is 12.0 Å². The van der Waals surface area contributed by atoms with Crippen molar-refractivity contribution in [3.05, 3.63) is 35.4 Å². The van der Waals surface area contributed by atoms with Crippen molar-refractivity contribution in [1.82, 2.24) is 10.2 Å². The van der Waals surface area contributed by atoms with E-state index in [0.29, 0.717) is 23.7 Å². The first kappa shape index (κ1) is 17.4. The minimum absolute atomic E-state index is 0.0680. The minimum atomic E-state index is -0.408.